The lowest BCUT2D eigenvalue weighted by Crippen LogP contribution is -2.48. The number of hydrogen-bond donors (Lipinski definition) is 1. The smallest absolute Gasteiger partial charge is 0.244 e. The molecule has 5 nitrogen and oxygen atoms in total. The monoisotopic (exact) mass is 394 g/mol. The van der Waals surface area contributed by atoms with Crippen molar-refractivity contribution in [3.8, 4) is 0 Å². The van der Waals surface area contributed by atoms with Crippen molar-refractivity contribution in [3.05, 3.63) is 64.7 Å². The van der Waals surface area contributed by atoms with Gasteiger partial charge in [0.25, 0.3) is 0 Å². The molecule has 0 radical (unpaired) electrons. The predicted molar refractivity (Wildman–Crippen MR) is 106 cm³/mol. The number of nitrogens with one attached hydrogen (secondary N) is 1. The number of halogens is 1. The first-order valence-electron chi connectivity index (χ1n) is 8.21. The van der Waals surface area contributed by atoms with Gasteiger partial charge in [0.1, 0.15) is 6.04 Å². The van der Waals surface area contributed by atoms with Crippen LogP contribution in [0.4, 0.5) is 5.69 Å². The summed E-state index contributed by atoms with van der Waals surface area (Å²) in [5.74, 6) is -0.376. The highest BCUT2D eigenvalue weighted by molar-refractivity contribution is 7.92. The molecule has 2 rings (SSSR count). The van der Waals surface area contributed by atoms with Gasteiger partial charge < -0.3 is 5.32 Å². The molecule has 7 heteroatoms. The van der Waals surface area contributed by atoms with Crippen LogP contribution >= 0.6 is 11.6 Å². The topological polar surface area (TPSA) is 66.5 Å². The van der Waals surface area contributed by atoms with Gasteiger partial charge >= 0.3 is 0 Å². The summed E-state index contributed by atoms with van der Waals surface area (Å²) in [6, 6.07) is 13.0. The van der Waals surface area contributed by atoms with Gasteiger partial charge in [-0.1, -0.05) is 41.4 Å². The Balaban J connectivity index is 2.22. The van der Waals surface area contributed by atoms with Gasteiger partial charge in [0.2, 0.25) is 15.9 Å². The molecule has 1 amide bonds. The van der Waals surface area contributed by atoms with Gasteiger partial charge in [0.15, 0.2) is 0 Å². The second-order valence-corrected chi connectivity index (χ2v) is 8.65. The Bertz CT molecular complexity index is 865. The molecular weight excluding hydrogens is 372 g/mol. The first-order chi connectivity index (χ1) is 12.1. The Morgan fingerprint density at radius 1 is 1.04 bits per heavy atom. The number of aryl methyl sites for hydroxylation is 1. The fraction of sp³-hybridized carbons (Fsp3) is 0.316. The van der Waals surface area contributed by atoms with Crippen LogP contribution in [-0.2, 0) is 14.8 Å². The number of nitrogens with zero attached hydrogens (tertiary/aromatic N) is 1. The van der Waals surface area contributed by atoms with Crippen LogP contribution < -0.4 is 9.62 Å². The van der Waals surface area contributed by atoms with Crippen molar-refractivity contribution in [2.45, 2.75) is 32.9 Å². The highest BCUT2D eigenvalue weighted by Gasteiger charge is 2.29. The number of sulfonamides is 1. The summed E-state index contributed by atoms with van der Waals surface area (Å²) >= 11 is 5.87. The molecule has 26 heavy (non-hydrogen) atoms. The lowest BCUT2D eigenvalue weighted by molar-refractivity contribution is -0.122. The minimum Gasteiger partial charge on any atom is -0.348 e. The van der Waals surface area contributed by atoms with Crippen molar-refractivity contribution in [1.29, 1.82) is 0 Å². The van der Waals surface area contributed by atoms with Crippen LogP contribution in [0.15, 0.2) is 48.5 Å². The summed E-state index contributed by atoms with van der Waals surface area (Å²) < 4.78 is 25.6. The maximum atomic E-state index is 12.7. The number of benzene rings is 2. The summed E-state index contributed by atoms with van der Waals surface area (Å²) in [5, 5.41) is 3.37. The van der Waals surface area contributed by atoms with Crippen LogP contribution in [0.1, 0.15) is 31.0 Å². The number of carbonyl (C=O) groups is 1. The van der Waals surface area contributed by atoms with E-state index in [2.05, 4.69) is 5.32 Å². The maximum Gasteiger partial charge on any atom is 0.244 e. The third-order valence-electron chi connectivity index (χ3n) is 4.11. The lowest BCUT2D eigenvalue weighted by atomic mass is 10.1. The van der Waals surface area contributed by atoms with E-state index in [0.717, 1.165) is 21.7 Å². The third kappa shape index (κ3) is 4.99. The summed E-state index contributed by atoms with van der Waals surface area (Å²) in [5.41, 5.74) is 2.47. The highest BCUT2D eigenvalue weighted by Crippen LogP contribution is 2.23. The average molecular weight is 395 g/mol. The second-order valence-electron chi connectivity index (χ2n) is 6.35. The molecule has 0 aliphatic rings. The summed E-state index contributed by atoms with van der Waals surface area (Å²) in [6.07, 6.45) is 1.08. The lowest BCUT2D eigenvalue weighted by Gasteiger charge is -2.29. The van der Waals surface area contributed by atoms with E-state index in [9.17, 15) is 13.2 Å². The van der Waals surface area contributed by atoms with Gasteiger partial charge in [-0.2, -0.15) is 0 Å². The van der Waals surface area contributed by atoms with Crippen molar-refractivity contribution < 1.29 is 13.2 Å². The van der Waals surface area contributed by atoms with Crippen molar-refractivity contribution in [2.75, 3.05) is 10.6 Å². The number of anilines is 1. The molecule has 0 fully saturated rings. The summed E-state index contributed by atoms with van der Waals surface area (Å²) in [7, 11) is -3.65. The Morgan fingerprint density at radius 2 is 1.58 bits per heavy atom. The Kier molecular flexibility index (Phi) is 6.31. The van der Waals surface area contributed by atoms with Gasteiger partial charge in [0.05, 0.1) is 18.0 Å². The molecule has 0 spiro atoms. The zero-order chi connectivity index (χ0) is 19.5. The minimum atomic E-state index is -3.65. The predicted octanol–water partition coefficient (Wildman–Crippen LogP) is 3.68. The van der Waals surface area contributed by atoms with Gasteiger partial charge in [-0.15, -0.1) is 0 Å². The largest absolute Gasteiger partial charge is 0.348 e. The van der Waals surface area contributed by atoms with E-state index in [4.69, 9.17) is 11.6 Å². The Hall–Kier alpha value is -2.05. The average Bonchev–Trinajstić information content (AvgIpc) is 2.56. The van der Waals surface area contributed by atoms with E-state index in [1.54, 1.807) is 31.2 Å². The number of amides is 1. The quantitative estimate of drug-likeness (QED) is 0.812. The van der Waals surface area contributed by atoms with Crippen LogP contribution in [0.2, 0.25) is 5.02 Å². The van der Waals surface area contributed by atoms with Gasteiger partial charge in [-0.05, 0) is 50.6 Å². The van der Waals surface area contributed by atoms with E-state index < -0.39 is 16.1 Å². The van der Waals surface area contributed by atoms with Crippen LogP contribution in [-0.4, -0.2) is 26.6 Å². The van der Waals surface area contributed by atoms with E-state index in [1.165, 1.54) is 0 Å². The molecule has 2 atom stereocenters. The first kappa shape index (κ1) is 20.3. The van der Waals surface area contributed by atoms with E-state index in [0.29, 0.717) is 10.7 Å². The van der Waals surface area contributed by atoms with Crippen molar-refractivity contribution in [3.63, 3.8) is 0 Å². The highest BCUT2D eigenvalue weighted by atomic mass is 35.5. The molecule has 2 unspecified atom stereocenters. The molecule has 1 N–H and O–H groups in total. The van der Waals surface area contributed by atoms with Gasteiger partial charge in [0, 0.05) is 5.02 Å². The molecule has 140 valence electrons. The van der Waals surface area contributed by atoms with Crippen LogP contribution in [0.25, 0.3) is 0 Å². The van der Waals surface area contributed by atoms with Crippen LogP contribution in [0.5, 0.6) is 0 Å². The zero-order valence-electron chi connectivity index (χ0n) is 15.2. The Morgan fingerprint density at radius 3 is 2.08 bits per heavy atom. The fourth-order valence-electron chi connectivity index (χ4n) is 2.67. The van der Waals surface area contributed by atoms with E-state index >= 15 is 0 Å². The zero-order valence-corrected chi connectivity index (χ0v) is 16.8. The van der Waals surface area contributed by atoms with Crippen molar-refractivity contribution >= 4 is 33.2 Å². The normalized spacial score (nSPS) is 13.7. The molecule has 0 bridgehead atoms. The van der Waals surface area contributed by atoms with E-state index in [-0.39, 0.29) is 11.9 Å². The molecule has 2 aromatic rings. The standard InChI is InChI=1S/C19H23ClN2O3S/c1-13-5-7-16(8-6-13)14(2)21-19(23)15(3)22(26(4,24)25)18-11-9-17(20)10-12-18/h5-12,14-15H,1-4H3,(H,21,23). The van der Waals surface area contributed by atoms with Crippen LogP contribution in [0.3, 0.4) is 0 Å². The molecule has 2 aromatic carbocycles. The van der Waals surface area contributed by atoms with E-state index in [1.807, 2.05) is 38.1 Å². The van der Waals surface area contributed by atoms with Gasteiger partial charge in [-0.25, -0.2) is 8.42 Å². The molecule has 0 saturated carbocycles. The SMILES string of the molecule is Cc1ccc(C(C)NC(=O)C(C)N(c2ccc(Cl)cc2)S(C)(=O)=O)cc1. The molecule has 0 aromatic heterocycles. The number of rotatable bonds is 6. The van der Waals surface area contributed by atoms with Crippen molar-refractivity contribution in [2.24, 2.45) is 0 Å². The summed E-state index contributed by atoms with van der Waals surface area (Å²) in [4.78, 5) is 12.7. The molecule has 0 aliphatic heterocycles. The minimum absolute atomic E-state index is 0.239. The number of carbonyl (C=O) groups excluding carboxylic acids is 1. The maximum absolute atomic E-state index is 12.7. The van der Waals surface area contributed by atoms with Crippen LogP contribution in [0, 0.1) is 6.92 Å². The van der Waals surface area contributed by atoms with Gasteiger partial charge in [-0.3, -0.25) is 9.10 Å². The molecular formula is C19H23ClN2O3S. The summed E-state index contributed by atoms with van der Waals surface area (Å²) in [6.45, 7) is 5.42. The molecule has 0 heterocycles. The fourth-order valence-corrected chi connectivity index (χ4v) is 3.97. The Labute approximate surface area is 160 Å². The van der Waals surface area contributed by atoms with Crippen molar-refractivity contribution in [1.82, 2.24) is 5.32 Å². The number of hydrogen-bond acceptors (Lipinski definition) is 3. The second kappa shape index (κ2) is 8.10. The third-order valence-corrected chi connectivity index (χ3v) is 5.60. The molecule has 0 aliphatic carbocycles. The first-order valence-corrected chi connectivity index (χ1v) is 10.4. The molecule has 0 saturated heterocycles.